The summed E-state index contributed by atoms with van der Waals surface area (Å²) in [7, 11) is 0. The molecule has 1 heterocycles. The van der Waals surface area contributed by atoms with Gasteiger partial charge in [0.15, 0.2) is 0 Å². The van der Waals surface area contributed by atoms with Crippen molar-refractivity contribution in [3.63, 3.8) is 0 Å². The third-order valence-electron chi connectivity index (χ3n) is 3.11. The zero-order chi connectivity index (χ0) is 11.7. The van der Waals surface area contributed by atoms with E-state index in [1.165, 1.54) is 27.6 Å². The summed E-state index contributed by atoms with van der Waals surface area (Å²) in [5, 5.41) is 10.4. The fraction of sp³-hybridized carbons (Fsp3) is 0.429. The van der Waals surface area contributed by atoms with Crippen molar-refractivity contribution in [3.05, 3.63) is 35.0 Å². The van der Waals surface area contributed by atoms with Crippen LogP contribution >= 0.6 is 0 Å². The van der Waals surface area contributed by atoms with Crippen molar-refractivity contribution in [2.45, 2.75) is 33.7 Å². The highest BCUT2D eigenvalue weighted by molar-refractivity contribution is 5.87. The van der Waals surface area contributed by atoms with Crippen molar-refractivity contribution >= 4 is 10.9 Å². The van der Waals surface area contributed by atoms with Crippen LogP contribution in [0.2, 0.25) is 0 Å². The molecule has 0 radical (unpaired) electrons. The summed E-state index contributed by atoms with van der Waals surface area (Å²) >= 11 is 0. The third-order valence-corrected chi connectivity index (χ3v) is 3.11. The summed E-state index contributed by atoms with van der Waals surface area (Å²) in [6, 6.07) is 4.45. The van der Waals surface area contributed by atoms with E-state index in [1.807, 2.05) is 0 Å². The fourth-order valence-electron chi connectivity index (χ4n) is 2.47. The average Bonchev–Trinajstić information content (AvgIpc) is 2.57. The summed E-state index contributed by atoms with van der Waals surface area (Å²) in [6.45, 7) is 7.33. The standard InChI is InChI=1S/C14H19NO/c1-4-12-9-15(5-6-16)14-11(3)7-10(2)8-13(12)14/h7-9,16H,4-6H2,1-3H3. The van der Waals surface area contributed by atoms with E-state index in [2.05, 4.69) is 43.7 Å². The zero-order valence-corrected chi connectivity index (χ0v) is 10.2. The summed E-state index contributed by atoms with van der Waals surface area (Å²) in [4.78, 5) is 0. The first-order chi connectivity index (χ1) is 7.67. The molecule has 0 atom stereocenters. The molecule has 0 saturated carbocycles. The number of aromatic nitrogens is 1. The number of hydrogen-bond donors (Lipinski definition) is 1. The van der Waals surface area contributed by atoms with Crippen LogP contribution in [0.25, 0.3) is 10.9 Å². The first kappa shape index (κ1) is 11.2. The van der Waals surface area contributed by atoms with Crippen molar-refractivity contribution in [1.82, 2.24) is 4.57 Å². The summed E-state index contributed by atoms with van der Waals surface area (Å²) in [5.41, 5.74) is 5.25. The van der Waals surface area contributed by atoms with Gasteiger partial charge in [0.2, 0.25) is 0 Å². The van der Waals surface area contributed by atoms with E-state index in [1.54, 1.807) is 0 Å². The minimum Gasteiger partial charge on any atom is -0.395 e. The number of aliphatic hydroxyl groups excluding tert-OH is 1. The minimum absolute atomic E-state index is 0.195. The Morgan fingerprint density at radius 2 is 2.00 bits per heavy atom. The maximum atomic E-state index is 9.09. The lowest BCUT2D eigenvalue weighted by Gasteiger charge is -2.06. The molecule has 0 aliphatic carbocycles. The molecule has 16 heavy (non-hydrogen) atoms. The smallest absolute Gasteiger partial charge is 0.0610 e. The number of nitrogens with zero attached hydrogens (tertiary/aromatic N) is 1. The van der Waals surface area contributed by atoms with E-state index in [4.69, 9.17) is 5.11 Å². The van der Waals surface area contributed by atoms with Gasteiger partial charge in [-0.1, -0.05) is 18.6 Å². The molecular formula is C14H19NO. The second-order valence-electron chi connectivity index (χ2n) is 4.40. The van der Waals surface area contributed by atoms with Crippen molar-refractivity contribution in [1.29, 1.82) is 0 Å². The largest absolute Gasteiger partial charge is 0.395 e. The molecule has 0 amide bonds. The second-order valence-corrected chi connectivity index (χ2v) is 4.40. The van der Waals surface area contributed by atoms with Gasteiger partial charge in [-0.3, -0.25) is 0 Å². The molecule has 2 nitrogen and oxygen atoms in total. The molecular weight excluding hydrogens is 198 g/mol. The summed E-state index contributed by atoms with van der Waals surface area (Å²) < 4.78 is 2.17. The van der Waals surface area contributed by atoms with Crippen LogP contribution in [-0.4, -0.2) is 16.3 Å². The number of hydrogen-bond acceptors (Lipinski definition) is 1. The van der Waals surface area contributed by atoms with Crippen LogP contribution in [0.5, 0.6) is 0 Å². The Hall–Kier alpha value is -1.28. The van der Waals surface area contributed by atoms with Crippen LogP contribution in [0.4, 0.5) is 0 Å². The Bertz CT molecular complexity index is 511. The summed E-state index contributed by atoms with van der Waals surface area (Å²) in [5.74, 6) is 0. The highest BCUT2D eigenvalue weighted by Crippen LogP contribution is 2.26. The van der Waals surface area contributed by atoms with Crippen molar-refractivity contribution in [3.8, 4) is 0 Å². The molecule has 1 N–H and O–H groups in total. The molecule has 1 aromatic carbocycles. The molecule has 2 rings (SSSR count). The van der Waals surface area contributed by atoms with Crippen LogP contribution < -0.4 is 0 Å². The van der Waals surface area contributed by atoms with Crippen LogP contribution in [0.1, 0.15) is 23.6 Å². The minimum atomic E-state index is 0.195. The normalized spacial score (nSPS) is 11.2. The zero-order valence-electron chi connectivity index (χ0n) is 10.2. The number of aliphatic hydroxyl groups is 1. The molecule has 0 aliphatic rings. The molecule has 86 valence electrons. The molecule has 2 heteroatoms. The van der Waals surface area contributed by atoms with Crippen LogP contribution in [0.15, 0.2) is 18.3 Å². The predicted molar refractivity (Wildman–Crippen MR) is 67.9 cm³/mol. The lowest BCUT2D eigenvalue weighted by atomic mass is 10.0. The third kappa shape index (κ3) is 1.74. The summed E-state index contributed by atoms with van der Waals surface area (Å²) in [6.07, 6.45) is 3.21. The Kier molecular flexibility index (Phi) is 3.01. The van der Waals surface area contributed by atoms with Crippen LogP contribution in [0.3, 0.4) is 0 Å². The van der Waals surface area contributed by atoms with Gasteiger partial charge in [-0.15, -0.1) is 0 Å². The van der Waals surface area contributed by atoms with E-state index in [0.717, 1.165) is 6.42 Å². The van der Waals surface area contributed by atoms with E-state index in [0.29, 0.717) is 6.54 Å². The van der Waals surface area contributed by atoms with Gasteiger partial charge in [0, 0.05) is 18.1 Å². The number of aryl methyl sites for hydroxylation is 3. The van der Waals surface area contributed by atoms with Gasteiger partial charge in [-0.05, 0) is 37.5 Å². The lowest BCUT2D eigenvalue weighted by Crippen LogP contribution is -2.01. The van der Waals surface area contributed by atoms with Gasteiger partial charge < -0.3 is 9.67 Å². The monoisotopic (exact) mass is 217 g/mol. The molecule has 0 aliphatic heterocycles. The Morgan fingerprint density at radius 1 is 1.25 bits per heavy atom. The van der Waals surface area contributed by atoms with Gasteiger partial charge in [-0.2, -0.15) is 0 Å². The Morgan fingerprint density at radius 3 is 2.62 bits per heavy atom. The van der Waals surface area contributed by atoms with E-state index < -0.39 is 0 Å². The molecule has 0 unspecified atom stereocenters. The fourth-order valence-corrected chi connectivity index (χ4v) is 2.47. The number of fused-ring (bicyclic) bond motifs is 1. The van der Waals surface area contributed by atoms with Crippen molar-refractivity contribution < 1.29 is 5.11 Å². The lowest BCUT2D eigenvalue weighted by molar-refractivity contribution is 0.278. The van der Waals surface area contributed by atoms with Crippen LogP contribution in [-0.2, 0) is 13.0 Å². The highest BCUT2D eigenvalue weighted by atomic mass is 16.3. The van der Waals surface area contributed by atoms with Gasteiger partial charge >= 0.3 is 0 Å². The molecule has 0 bridgehead atoms. The SMILES string of the molecule is CCc1cn(CCO)c2c(C)cc(C)cc12. The Labute approximate surface area is 96.5 Å². The van der Waals surface area contributed by atoms with Crippen molar-refractivity contribution in [2.75, 3.05) is 6.61 Å². The van der Waals surface area contributed by atoms with Gasteiger partial charge in [0.1, 0.15) is 0 Å². The molecule has 0 fully saturated rings. The second kappa shape index (κ2) is 4.30. The van der Waals surface area contributed by atoms with E-state index in [-0.39, 0.29) is 6.61 Å². The number of benzene rings is 1. The van der Waals surface area contributed by atoms with Crippen molar-refractivity contribution in [2.24, 2.45) is 0 Å². The number of rotatable bonds is 3. The average molecular weight is 217 g/mol. The van der Waals surface area contributed by atoms with Crippen LogP contribution in [0, 0.1) is 13.8 Å². The molecule has 1 aromatic heterocycles. The Balaban J connectivity index is 2.74. The molecule has 0 saturated heterocycles. The van der Waals surface area contributed by atoms with Gasteiger partial charge in [0.25, 0.3) is 0 Å². The molecule has 0 spiro atoms. The maximum absolute atomic E-state index is 9.09. The van der Waals surface area contributed by atoms with E-state index >= 15 is 0 Å². The maximum Gasteiger partial charge on any atom is 0.0610 e. The first-order valence-corrected chi connectivity index (χ1v) is 5.87. The predicted octanol–water partition coefficient (Wildman–Crippen LogP) is 2.81. The quantitative estimate of drug-likeness (QED) is 0.840. The van der Waals surface area contributed by atoms with E-state index in [9.17, 15) is 0 Å². The first-order valence-electron chi connectivity index (χ1n) is 5.87. The van der Waals surface area contributed by atoms with Gasteiger partial charge in [-0.25, -0.2) is 0 Å². The topological polar surface area (TPSA) is 25.2 Å². The molecule has 2 aromatic rings. The highest BCUT2D eigenvalue weighted by Gasteiger charge is 2.09. The van der Waals surface area contributed by atoms with Gasteiger partial charge in [0.05, 0.1) is 12.1 Å².